The number of ether oxygens (including phenoxy) is 2. The molecule has 0 spiro atoms. The number of aryl methyl sites for hydroxylation is 1. The fraction of sp³-hybridized carbons (Fsp3) is 0.400. The van der Waals surface area contributed by atoms with Gasteiger partial charge in [0.2, 0.25) is 0 Å². The number of amides is 1. The van der Waals surface area contributed by atoms with Crippen molar-refractivity contribution in [3.8, 4) is 11.5 Å². The summed E-state index contributed by atoms with van der Waals surface area (Å²) in [6, 6.07) is 7.54. The maximum absolute atomic E-state index is 13.8. The molecule has 1 aliphatic rings. The Bertz CT molecular complexity index is 1180. The minimum Gasteiger partial charge on any atom is -0.495 e. The molecule has 4 rings (SSSR count). The van der Waals surface area contributed by atoms with Crippen LogP contribution in [0.15, 0.2) is 30.5 Å². The van der Waals surface area contributed by atoms with Crippen molar-refractivity contribution in [2.75, 3.05) is 26.1 Å². The first-order valence-electron chi connectivity index (χ1n) is 11.2. The maximum atomic E-state index is 13.8. The topological polar surface area (TPSA) is 76.6 Å². The minimum absolute atomic E-state index is 0.0288. The SMILES string of the molecule is CC[C@@H]1CCCCN1C(=O)c1cnc2nc(C)ccc2c1Nc1cc(OC)c(Cl)cc1OC. The first kappa shape index (κ1) is 23.1. The van der Waals surface area contributed by atoms with E-state index >= 15 is 0 Å². The van der Waals surface area contributed by atoms with Gasteiger partial charge in [-0.3, -0.25) is 4.79 Å². The molecule has 2 aromatic heterocycles. The van der Waals surface area contributed by atoms with Crippen LogP contribution in [0.5, 0.6) is 11.5 Å². The molecule has 0 radical (unpaired) electrons. The van der Waals surface area contributed by atoms with E-state index in [1.54, 1.807) is 32.5 Å². The van der Waals surface area contributed by atoms with Crippen LogP contribution in [-0.2, 0) is 0 Å². The highest BCUT2D eigenvalue weighted by Gasteiger charge is 2.29. The van der Waals surface area contributed by atoms with Crippen LogP contribution in [0, 0.1) is 6.92 Å². The van der Waals surface area contributed by atoms with Gasteiger partial charge >= 0.3 is 0 Å². The Balaban J connectivity index is 1.86. The highest BCUT2D eigenvalue weighted by Crippen LogP contribution is 2.39. The van der Waals surface area contributed by atoms with Crippen molar-refractivity contribution in [2.24, 2.45) is 0 Å². The Morgan fingerprint density at radius 2 is 2.00 bits per heavy atom. The van der Waals surface area contributed by atoms with Gasteiger partial charge in [0.05, 0.1) is 36.2 Å². The number of aromatic nitrogens is 2. The lowest BCUT2D eigenvalue weighted by atomic mass is 9.98. The molecule has 1 aliphatic heterocycles. The first-order valence-corrected chi connectivity index (χ1v) is 11.6. The average Bonchev–Trinajstić information content (AvgIpc) is 2.84. The van der Waals surface area contributed by atoms with Crippen LogP contribution >= 0.6 is 11.6 Å². The van der Waals surface area contributed by atoms with Crippen molar-refractivity contribution in [3.63, 3.8) is 0 Å². The molecule has 174 valence electrons. The third kappa shape index (κ3) is 4.55. The molecule has 1 N–H and O–H groups in total. The molecule has 1 fully saturated rings. The van der Waals surface area contributed by atoms with Crippen LogP contribution in [0.4, 0.5) is 11.4 Å². The van der Waals surface area contributed by atoms with Crippen LogP contribution < -0.4 is 14.8 Å². The molecule has 1 amide bonds. The van der Waals surface area contributed by atoms with E-state index in [4.69, 9.17) is 21.1 Å². The fourth-order valence-electron chi connectivity index (χ4n) is 4.41. The molecule has 8 heteroatoms. The van der Waals surface area contributed by atoms with Gasteiger partial charge in [-0.25, -0.2) is 9.97 Å². The second-order valence-electron chi connectivity index (χ2n) is 8.24. The number of piperidine rings is 1. The lowest BCUT2D eigenvalue weighted by Crippen LogP contribution is -2.43. The average molecular weight is 469 g/mol. The van der Waals surface area contributed by atoms with Crippen LogP contribution in [0.25, 0.3) is 11.0 Å². The Morgan fingerprint density at radius 3 is 2.73 bits per heavy atom. The predicted octanol–water partition coefficient (Wildman–Crippen LogP) is 5.76. The summed E-state index contributed by atoms with van der Waals surface area (Å²) in [7, 11) is 3.13. The predicted molar refractivity (Wildman–Crippen MR) is 131 cm³/mol. The van der Waals surface area contributed by atoms with E-state index in [1.165, 1.54) is 0 Å². The first-order chi connectivity index (χ1) is 16.0. The zero-order valence-electron chi connectivity index (χ0n) is 19.4. The number of nitrogens with one attached hydrogen (secondary N) is 1. The number of carbonyl (C=O) groups excluding carboxylic acids is 1. The minimum atomic E-state index is -0.0288. The quantitative estimate of drug-likeness (QED) is 0.495. The monoisotopic (exact) mass is 468 g/mol. The van der Waals surface area contributed by atoms with Gasteiger partial charge in [0, 0.05) is 42.0 Å². The zero-order valence-corrected chi connectivity index (χ0v) is 20.2. The van der Waals surface area contributed by atoms with E-state index in [-0.39, 0.29) is 11.9 Å². The maximum Gasteiger partial charge on any atom is 0.257 e. The molecule has 0 aliphatic carbocycles. The van der Waals surface area contributed by atoms with E-state index < -0.39 is 0 Å². The van der Waals surface area contributed by atoms with Gasteiger partial charge in [0.25, 0.3) is 5.91 Å². The molecular weight excluding hydrogens is 440 g/mol. The van der Waals surface area contributed by atoms with Crippen molar-refractivity contribution >= 4 is 39.9 Å². The molecular formula is C25H29ClN4O3. The second-order valence-corrected chi connectivity index (χ2v) is 8.65. The van der Waals surface area contributed by atoms with Gasteiger partial charge in [-0.15, -0.1) is 0 Å². The van der Waals surface area contributed by atoms with Gasteiger partial charge < -0.3 is 19.7 Å². The third-order valence-electron chi connectivity index (χ3n) is 6.19. The van der Waals surface area contributed by atoms with Crippen LogP contribution in [0.3, 0.4) is 0 Å². The second kappa shape index (κ2) is 9.83. The zero-order chi connectivity index (χ0) is 23.5. The molecule has 33 heavy (non-hydrogen) atoms. The van der Waals surface area contributed by atoms with E-state index in [1.807, 2.05) is 24.0 Å². The molecule has 1 atom stereocenters. The largest absolute Gasteiger partial charge is 0.495 e. The number of anilines is 2. The summed E-state index contributed by atoms with van der Waals surface area (Å²) < 4.78 is 11.0. The van der Waals surface area contributed by atoms with Crippen molar-refractivity contribution < 1.29 is 14.3 Å². The number of hydrogen-bond acceptors (Lipinski definition) is 6. The number of halogens is 1. The number of likely N-dealkylation sites (tertiary alicyclic amines) is 1. The lowest BCUT2D eigenvalue weighted by molar-refractivity contribution is 0.0609. The van der Waals surface area contributed by atoms with Gasteiger partial charge in [-0.1, -0.05) is 18.5 Å². The molecule has 0 saturated carbocycles. The van der Waals surface area contributed by atoms with E-state index in [9.17, 15) is 4.79 Å². The highest BCUT2D eigenvalue weighted by molar-refractivity contribution is 6.32. The molecule has 0 unspecified atom stereocenters. The summed E-state index contributed by atoms with van der Waals surface area (Å²) in [5, 5.41) is 4.61. The Kier molecular flexibility index (Phi) is 6.88. The van der Waals surface area contributed by atoms with Gasteiger partial charge in [-0.05, 0) is 44.7 Å². The van der Waals surface area contributed by atoms with Crippen LogP contribution in [-0.4, -0.2) is 47.6 Å². The van der Waals surface area contributed by atoms with E-state index in [0.717, 1.165) is 43.3 Å². The molecule has 0 bridgehead atoms. The van der Waals surface area contributed by atoms with Crippen LogP contribution in [0.2, 0.25) is 5.02 Å². The molecule has 1 aromatic carbocycles. The van der Waals surface area contributed by atoms with Gasteiger partial charge in [-0.2, -0.15) is 0 Å². The number of nitrogens with zero attached hydrogens (tertiary/aromatic N) is 3. The lowest BCUT2D eigenvalue weighted by Gasteiger charge is -2.35. The fourth-order valence-corrected chi connectivity index (χ4v) is 4.64. The summed E-state index contributed by atoms with van der Waals surface area (Å²) in [4.78, 5) is 24.8. The summed E-state index contributed by atoms with van der Waals surface area (Å²) in [6.45, 7) is 4.80. The number of rotatable bonds is 6. The van der Waals surface area contributed by atoms with Gasteiger partial charge in [0.1, 0.15) is 11.5 Å². The molecule has 3 aromatic rings. The highest BCUT2D eigenvalue weighted by atomic mass is 35.5. The normalized spacial score (nSPS) is 16.0. The number of hydrogen-bond donors (Lipinski definition) is 1. The number of pyridine rings is 2. The van der Waals surface area contributed by atoms with Crippen molar-refractivity contribution in [3.05, 3.63) is 46.7 Å². The summed E-state index contributed by atoms with van der Waals surface area (Å²) in [6.07, 6.45) is 5.73. The Hall–Kier alpha value is -3.06. The van der Waals surface area contributed by atoms with Crippen LogP contribution in [0.1, 0.15) is 48.7 Å². The summed E-state index contributed by atoms with van der Waals surface area (Å²) >= 11 is 6.30. The van der Waals surface area contributed by atoms with Gasteiger partial charge in [0.15, 0.2) is 5.65 Å². The Labute approximate surface area is 199 Å². The number of fused-ring (bicyclic) bond motifs is 1. The Morgan fingerprint density at radius 1 is 1.21 bits per heavy atom. The molecule has 3 heterocycles. The summed E-state index contributed by atoms with van der Waals surface area (Å²) in [5.74, 6) is 1.01. The number of carbonyl (C=O) groups is 1. The smallest absolute Gasteiger partial charge is 0.257 e. The standard InChI is InChI=1S/C25H29ClN4O3/c1-5-16-8-6-7-11-30(16)25(31)18-14-27-24-17(10-9-15(2)28-24)23(18)29-20-13-21(32-3)19(26)12-22(20)33-4/h9-10,12-14,16H,5-8,11H2,1-4H3,(H,27,28,29)/t16-/m1/s1. The van der Waals surface area contributed by atoms with E-state index in [2.05, 4.69) is 22.2 Å². The van der Waals surface area contributed by atoms with Crippen molar-refractivity contribution in [2.45, 2.75) is 45.6 Å². The van der Waals surface area contributed by atoms with Crippen molar-refractivity contribution in [1.82, 2.24) is 14.9 Å². The molecule has 1 saturated heterocycles. The summed E-state index contributed by atoms with van der Waals surface area (Å²) in [5.41, 5.74) is 3.20. The third-order valence-corrected chi connectivity index (χ3v) is 6.49. The number of methoxy groups -OCH3 is 2. The van der Waals surface area contributed by atoms with Crippen molar-refractivity contribution in [1.29, 1.82) is 0 Å². The van der Waals surface area contributed by atoms with E-state index in [0.29, 0.717) is 39.1 Å². The molecule has 7 nitrogen and oxygen atoms in total. The number of benzene rings is 1.